The van der Waals surface area contributed by atoms with Gasteiger partial charge in [0.1, 0.15) is 17.3 Å². The number of anilines is 2. The molecule has 2 N–H and O–H groups in total. The van der Waals surface area contributed by atoms with E-state index in [1.807, 2.05) is 0 Å². The highest BCUT2D eigenvalue weighted by molar-refractivity contribution is 6.09. The number of hydrogen-bond donors (Lipinski definition) is 2. The number of carbonyl (C=O) groups is 2. The lowest BCUT2D eigenvalue weighted by Gasteiger charge is -2.12. The van der Waals surface area contributed by atoms with E-state index in [-0.39, 0.29) is 0 Å². The molecule has 0 aliphatic carbocycles. The number of carbonyl (C=O) groups excluding carboxylic acids is 2. The molecule has 29 heavy (non-hydrogen) atoms. The lowest BCUT2D eigenvalue weighted by molar-refractivity contribution is 0.102. The Balaban J connectivity index is 1.75. The quantitative estimate of drug-likeness (QED) is 0.652. The van der Waals surface area contributed by atoms with Crippen LogP contribution in [-0.2, 0) is 0 Å². The fourth-order valence-corrected chi connectivity index (χ4v) is 2.63. The highest BCUT2D eigenvalue weighted by atomic mass is 19.1. The van der Waals surface area contributed by atoms with Gasteiger partial charge in [-0.1, -0.05) is 6.07 Å². The standard InChI is InChI=1S/C22H19FN2O4/c1-28-18-10-11-19(20(13-18)29-2)25-22(27)15-5-3-4-14(12-15)21(26)24-17-8-6-16(23)7-9-17/h3-13H,1-2H3,(H,24,26)(H,25,27). The van der Waals surface area contributed by atoms with E-state index in [4.69, 9.17) is 9.47 Å². The van der Waals surface area contributed by atoms with E-state index in [1.54, 1.807) is 36.4 Å². The summed E-state index contributed by atoms with van der Waals surface area (Å²) in [6.45, 7) is 0. The predicted molar refractivity (Wildman–Crippen MR) is 108 cm³/mol. The number of halogens is 1. The minimum Gasteiger partial charge on any atom is -0.497 e. The summed E-state index contributed by atoms with van der Waals surface area (Å²) in [4.78, 5) is 25.1. The minimum atomic E-state index is -0.409. The number of methoxy groups -OCH3 is 2. The van der Waals surface area contributed by atoms with Gasteiger partial charge in [0.05, 0.1) is 19.9 Å². The Kier molecular flexibility index (Phi) is 6.09. The number of rotatable bonds is 6. The van der Waals surface area contributed by atoms with Gasteiger partial charge in [-0.25, -0.2) is 4.39 Å². The summed E-state index contributed by atoms with van der Waals surface area (Å²) >= 11 is 0. The Morgan fingerprint density at radius 1 is 0.793 bits per heavy atom. The van der Waals surface area contributed by atoms with Crippen LogP contribution in [0.25, 0.3) is 0 Å². The lowest BCUT2D eigenvalue weighted by atomic mass is 10.1. The Morgan fingerprint density at radius 2 is 1.45 bits per heavy atom. The Labute approximate surface area is 167 Å². The van der Waals surface area contributed by atoms with Crippen LogP contribution in [0.2, 0.25) is 0 Å². The van der Waals surface area contributed by atoms with Crippen LogP contribution >= 0.6 is 0 Å². The van der Waals surface area contributed by atoms with Crippen molar-refractivity contribution in [3.8, 4) is 11.5 Å². The summed E-state index contributed by atoms with van der Waals surface area (Å²) < 4.78 is 23.4. The second kappa shape index (κ2) is 8.88. The Morgan fingerprint density at radius 3 is 2.07 bits per heavy atom. The first kappa shape index (κ1) is 19.9. The van der Waals surface area contributed by atoms with Crippen LogP contribution in [0.15, 0.2) is 66.7 Å². The summed E-state index contributed by atoms with van der Waals surface area (Å²) in [5.74, 6) is -0.156. The molecule has 0 unspecified atom stereocenters. The van der Waals surface area contributed by atoms with Gasteiger partial charge in [-0.15, -0.1) is 0 Å². The average Bonchev–Trinajstić information content (AvgIpc) is 2.75. The maximum Gasteiger partial charge on any atom is 0.255 e. The molecular formula is C22H19FN2O4. The molecule has 0 fully saturated rings. The lowest BCUT2D eigenvalue weighted by Crippen LogP contribution is -2.16. The highest BCUT2D eigenvalue weighted by Crippen LogP contribution is 2.29. The first-order valence-electron chi connectivity index (χ1n) is 8.70. The van der Waals surface area contributed by atoms with Gasteiger partial charge in [0.15, 0.2) is 0 Å². The van der Waals surface area contributed by atoms with Crippen molar-refractivity contribution in [2.24, 2.45) is 0 Å². The second-order valence-corrected chi connectivity index (χ2v) is 6.06. The third-order valence-corrected chi connectivity index (χ3v) is 4.15. The number of ether oxygens (including phenoxy) is 2. The number of amides is 2. The van der Waals surface area contributed by atoms with Gasteiger partial charge >= 0.3 is 0 Å². The summed E-state index contributed by atoms with van der Waals surface area (Å²) in [5, 5.41) is 5.42. The number of hydrogen-bond acceptors (Lipinski definition) is 4. The summed E-state index contributed by atoms with van der Waals surface area (Å²) in [6.07, 6.45) is 0. The maximum absolute atomic E-state index is 13.0. The van der Waals surface area contributed by atoms with E-state index < -0.39 is 17.6 Å². The number of nitrogens with one attached hydrogen (secondary N) is 2. The van der Waals surface area contributed by atoms with E-state index in [2.05, 4.69) is 10.6 Å². The third-order valence-electron chi connectivity index (χ3n) is 4.15. The third kappa shape index (κ3) is 4.90. The van der Waals surface area contributed by atoms with E-state index in [0.29, 0.717) is 34.0 Å². The van der Waals surface area contributed by atoms with Crippen LogP contribution in [0.4, 0.5) is 15.8 Å². The van der Waals surface area contributed by atoms with Crippen molar-refractivity contribution in [3.05, 3.63) is 83.7 Å². The molecule has 0 atom stereocenters. The highest BCUT2D eigenvalue weighted by Gasteiger charge is 2.13. The molecule has 0 aliphatic heterocycles. The van der Waals surface area contributed by atoms with Crippen LogP contribution in [0.1, 0.15) is 20.7 Å². The van der Waals surface area contributed by atoms with Crippen molar-refractivity contribution in [2.45, 2.75) is 0 Å². The predicted octanol–water partition coefficient (Wildman–Crippen LogP) is 4.35. The molecule has 0 aliphatic rings. The van der Waals surface area contributed by atoms with Gasteiger partial charge in [-0.05, 0) is 54.6 Å². The monoisotopic (exact) mass is 394 g/mol. The molecule has 7 heteroatoms. The smallest absolute Gasteiger partial charge is 0.255 e. The van der Waals surface area contributed by atoms with Crippen molar-refractivity contribution in [1.82, 2.24) is 0 Å². The molecule has 0 saturated carbocycles. The van der Waals surface area contributed by atoms with Crippen LogP contribution in [0.3, 0.4) is 0 Å². The first-order valence-corrected chi connectivity index (χ1v) is 8.70. The van der Waals surface area contributed by atoms with Crippen LogP contribution in [-0.4, -0.2) is 26.0 Å². The van der Waals surface area contributed by atoms with Crippen molar-refractivity contribution in [3.63, 3.8) is 0 Å². The molecule has 0 spiro atoms. The van der Waals surface area contributed by atoms with Gasteiger partial charge in [-0.2, -0.15) is 0 Å². The zero-order chi connectivity index (χ0) is 20.8. The zero-order valence-corrected chi connectivity index (χ0v) is 15.9. The molecule has 3 aromatic rings. The molecule has 3 aromatic carbocycles. The maximum atomic E-state index is 13.0. The van der Waals surface area contributed by atoms with Crippen molar-refractivity contribution in [2.75, 3.05) is 24.9 Å². The zero-order valence-electron chi connectivity index (χ0n) is 15.9. The molecule has 3 rings (SSSR count). The topological polar surface area (TPSA) is 76.7 Å². The van der Waals surface area contributed by atoms with Gasteiger partial charge in [-0.3, -0.25) is 9.59 Å². The molecule has 0 bridgehead atoms. The molecule has 0 radical (unpaired) electrons. The summed E-state index contributed by atoms with van der Waals surface area (Å²) in [5.41, 5.74) is 1.52. The van der Waals surface area contributed by atoms with Gasteiger partial charge in [0.25, 0.3) is 11.8 Å². The Bertz CT molecular complexity index is 1040. The Hall–Kier alpha value is -3.87. The van der Waals surface area contributed by atoms with Crippen LogP contribution < -0.4 is 20.1 Å². The largest absolute Gasteiger partial charge is 0.497 e. The van der Waals surface area contributed by atoms with Gasteiger partial charge in [0.2, 0.25) is 0 Å². The average molecular weight is 394 g/mol. The van der Waals surface area contributed by atoms with E-state index in [0.717, 1.165) is 0 Å². The van der Waals surface area contributed by atoms with Crippen LogP contribution in [0, 0.1) is 5.82 Å². The first-order chi connectivity index (χ1) is 14.0. The molecule has 0 heterocycles. The van der Waals surface area contributed by atoms with Crippen molar-refractivity contribution >= 4 is 23.2 Å². The van der Waals surface area contributed by atoms with E-state index in [9.17, 15) is 14.0 Å². The van der Waals surface area contributed by atoms with Crippen LogP contribution in [0.5, 0.6) is 11.5 Å². The van der Waals surface area contributed by atoms with Crippen molar-refractivity contribution in [1.29, 1.82) is 0 Å². The van der Waals surface area contributed by atoms with Gasteiger partial charge in [0, 0.05) is 22.9 Å². The van der Waals surface area contributed by atoms with E-state index in [1.165, 1.54) is 44.6 Å². The fraction of sp³-hybridized carbons (Fsp3) is 0.0909. The number of benzene rings is 3. The normalized spacial score (nSPS) is 10.2. The molecule has 0 aromatic heterocycles. The summed E-state index contributed by atoms with van der Waals surface area (Å²) in [6, 6.07) is 16.7. The summed E-state index contributed by atoms with van der Waals surface area (Å²) in [7, 11) is 3.03. The SMILES string of the molecule is COc1ccc(NC(=O)c2cccc(C(=O)Nc3ccc(F)cc3)c2)c(OC)c1. The fourth-order valence-electron chi connectivity index (χ4n) is 2.63. The second-order valence-electron chi connectivity index (χ2n) is 6.06. The van der Waals surface area contributed by atoms with Crippen molar-refractivity contribution < 1.29 is 23.5 Å². The molecule has 6 nitrogen and oxygen atoms in total. The van der Waals surface area contributed by atoms with E-state index >= 15 is 0 Å². The minimum absolute atomic E-state index is 0.295. The molecule has 0 saturated heterocycles. The van der Waals surface area contributed by atoms with Gasteiger partial charge < -0.3 is 20.1 Å². The molecule has 148 valence electrons. The molecule has 2 amide bonds. The molecular weight excluding hydrogens is 375 g/mol.